The van der Waals surface area contributed by atoms with Gasteiger partial charge in [-0.3, -0.25) is 4.79 Å². The maximum atomic E-state index is 12.0. The molecular formula is C15H20O4S. The number of carboxylic acids is 1. The van der Waals surface area contributed by atoms with Crippen molar-refractivity contribution in [1.29, 1.82) is 0 Å². The number of thioether (sulfide) groups is 1. The lowest BCUT2D eigenvalue weighted by Crippen LogP contribution is -2.22. The summed E-state index contributed by atoms with van der Waals surface area (Å²) in [6.07, 6.45) is 0.482. The molecule has 0 heterocycles. The third kappa shape index (κ3) is 4.56. The van der Waals surface area contributed by atoms with E-state index in [1.807, 2.05) is 27.7 Å². The van der Waals surface area contributed by atoms with E-state index in [0.29, 0.717) is 6.42 Å². The number of carboxylic acid groups (broad SMARTS) is 1. The molecule has 0 fully saturated rings. The van der Waals surface area contributed by atoms with Gasteiger partial charge in [0.25, 0.3) is 0 Å². The first-order valence-electron chi connectivity index (χ1n) is 6.56. The van der Waals surface area contributed by atoms with Crippen LogP contribution in [0.3, 0.4) is 0 Å². The molecule has 0 aromatic heterocycles. The molecule has 1 aromatic rings. The Bertz CT molecular complexity index is 497. The maximum absolute atomic E-state index is 12.0. The summed E-state index contributed by atoms with van der Waals surface area (Å²) < 4.78 is 5.22. The normalized spacial score (nSPS) is 12.2. The number of hydrogen-bond donors (Lipinski definition) is 1. The molecule has 1 rings (SSSR count). The Kier molecular flexibility index (Phi) is 6.07. The number of aryl methyl sites for hydroxylation is 1. The summed E-state index contributed by atoms with van der Waals surface area (Å²) in [4.78, 5) is 23.8. The van der Waals surface area contributed by atoms with Crippen molar-refractivity contribution >= 4 is 23.7 Å². The van der Waals surface area contributed by atoms with Crippen LogP contribution in [-0.2, 0) is 9.53 Å². The molecule has 4 nitrogen and oxygen atoms in total. The van der Waals surface area contributed by atoms with Gasteiger partial charge >= 0.3 is 11.9 Å². The summed E-state index contributed by atoms with van der Waals surface area (Å²) in [7, 11) is 0. The van der Waals surface area contributed by atoms with Crippen LogP contribution in [0.25, 0.3) is 0 Å². The van der Waals surface area contributed by atoms with Crippen LogP contribution in [0.2, 0.25) is 0 Å². The molecule has 0 saturated carbocycles. The summed E-state index contributed by atoms with van der Waals surface area (Å²) in [6, 6.07) is 4.93. The van der Waals surface area contributed by atoms with E-state index in [9.17, 15) is 9.59 Å². The van der Waals surface area contributed by atoms with E-state index < -0.39 is 5.97 Å². The molecule has 1 N–H and O–H groups in total. The summed E-state index contributed by atoms with van der Waals surface area (Å²) >= 11 is 1.36. The van der Waals surface area contributed by atoms with Gasteiger partial charge in [0.2, 0.25) is 0 Å². The molecule has 20 heavy (non-hydrogen) atoms. The third-order valence-electron chi connectivity index (χ3n) is 2.69. The Balaban J connectivity index is 2.92. The highest BCUT2D eigenvalue weighted by atomic mass is 32.2. The van der Waals surface area contributed by atoms with Crippen molar-refractivity contribution in [3.8, 4) is 0 Å². The fourth-order valence-electron chi connectivity index (χ4n) is 1.62. The zero-order valence-corrected chi connectivity index (χ0v) is 13.0. The van der Waals surface area contributed by atoms with Gasteiger partial charge in [-0.2, -0.15) is 0 Å². The number of rotatable bonds is 6. The number of ether oxygens (including phenoxy) is 1. The molecule has 5 heteroatoms. The molecule has 0 radical (unpaired) electrons. The van der Waals surface area contributed by atoms with Gasteiger partial charge in [0, 0.05) is 4.90 Å². The van der Waals surface area contributed by atoms with Crippen molar-refractivity contribution in [1.82, 2.24) is 0 Å². The van der Waals surface area contributed by atoms with Crippen LogP contribution in [0, 0.1) is 6.92 Å². The van der Waals surface area contributed by atoms with Crippen molar-refractivity contribution in [2.45, 2.75) is 50.4 Å². The fraction of sp³-hybridized carbons (Fsp3) is 0.467. The lowest BCUT2D eigenvalue weighted by Gasteiger charge is -2.17. The van der Waals surface area contributed by atoms with E-state index in [1.54, 1.807) is 18.2 Å². The first-order valence-corrected chi connectivity index (χ1v) is 7.44. The molecule has 1 aromatic carbocycles. The molecule has 1 atom stereocenters. The maximum Gasteiger partial charge on any atom is 0.335 e. The predicted octanol–water partition coefficient (Wildman–Crippen LogP) is 3.52. The van der Waals surface area contributed by atoms with Crippen molar-refractivity contribution < 1.29 is 19.4 Å². The molecule has 0 aliphatic carbocycles. The third-order valence-corrected chi connectivity index (χ3v) is 4.19. The minimum Gasteiger partial charge on any atom is -0.478 e. The fourth-order valence-corrected chi connectivity index (χ4v) is 2.69. The van der Waals surface area contributed by atoms with E-state index in [1.165, 1.54) is 11.8 Å². The Morgan fingerprint density at radius 2 is 2.00 bits per heavy atom. The molecule has 1 unspecified atom stereocenters. The van der Waals surface area contributed by atoms with E-state index in [-0.39, 0.29) is 22.9 Å². The van der Waals surface area contributed by atoms with Crippen LogP contribution < -0.4 is 0 Å². The monoisotopic (exact) mass is 296 g/mol. The largest absolute Gasteiger partial charge is 0.478 e. The minimum atomic E-state index is -0.968. The van der Waals surface area contributed by atoms with Gasteiger partial charge in [0.15, 0.2) is 0 Å². The highest BCUT2D eigenvalue weighted by molar-refractivity contribution is 8.00. The lowest BCUT2D eigenvalue weighted by atomic mass is 10.1. The second-order valence-electron chi connectivity index (χ2n) is 4.79. The smallest absolute Gasteiger partial charge is 0.335 e. The van der Waals surface area contributed by atoms with Crippen LogP contribution in [0.1, 0.15) is 43.1 Å². The molecule has 0 aliphatic heterocycles. The van der Waals surface area contributed by atoms with Crippen LogP contribution in [0.5, 0.6) is 0 Å². The van der Waals surface area contributed by atoms with Gasteiger partial charge in [-0.1, -0.05) is 13.0 Å². The van der Waals surface area contributed by atoms with Crippen molar-refractivity contribution in [3.05, 3.63) is 29.3 Å². The van der Waals surface area contributed by atoms with Crippen molar-refractivity contribution in [3.63, 3.8) is 0 Å². The first kappa shape index (κ1) is 16.6. The SMILES string of the molecule is CCC(Sc1cc(C(=O)O)ccc1C)C(=O)OC(C)C. The summed E-state index contributed by atoms with van der Waals surface area (Å²) in [5.41, 5.74) is 1.18. The second kappa shape index (κ2) is 7.33. The van der Waals surface area contributed by atoms with E-state index >= 15 is 0 Å². The van der Waals surface area contributed by atoms with Gasteiger partial charge in [-0.15, -0.1) is 11.8 Å². The standard InChI is InChI=1S/C15H20O4S/c1-5-12(15(18)19-9(2)3)20-13-8-11(14(16)17)7-6-10(13)4/h6-9,12H,5H2,1-4H3,(H,16,17). The number of benzene rings is 1. The molecule has 110 valence electrons. The Hall–Kier alpha value is -1.49. The average molecular weight is 296 g/mol. The zero-order valence-electron chi connectivity index (χ0n) is 12.2. The number of carbonyl (C=O) groups excluding carboxylic acids is 1. The molecular weight excluding hydrogens is 276 g/mol. The van der Waals surface area contributed by atoms with Gasteiger partial charge in [0.1, 0.15) is 5.25 Å². The molecule has 0 saturated heterocycles. The predicted molar refractivity (Wildman–Crippen MR) is 79.3 cm³/mol. The lowest BCUT2D eigenvalue weighted by molar-refractivity contribution is -0.146. The molecule has 0 amide bonds. The zero-order chi connectivity index (χ0) is 15.3. The van der Waals surface area contributed by atoms with Crippen molar-refractivity contribution in [2.24, 2.45) is 0 Å². The highest BCUT2D eigenvalue weighted by Gasteiger charge is 2.21. The Morgan fingerprint density at radius 3 is 2.50 bits per heavy atom. The number of hydrogen-bond acceptors (Lipinski definition) is 4. The Morgan fingerprint density at radius 1 is 1.35 bits per heavy atom. The number of carbonyl (C=O) groups is 2. The van der Waals surface area contributed by atoms with E-state index in [0.717, 1.165) is 10.5 Å². The highest BCUT2D eigenvalue weighted by Crippen LogP contribution is 2.30. The average Bonchev–Trinajstić information content (AvgIpc) is 2.36. The van der Waals surface area contributed by atoms with Gasteiger partial charge in [-0.05, 0) is 44.9 Å². The summed E-state index contributed by atoms with van der Waals surface area (Å²) in [6.45, 7) is 7.43. The number of esters is 1. The minimum absolute atomic E-state index is 0.149. The quantitative estimate of drug-likeness (QED) is 0.643. The summed E-state index contributed by atoms with van der Waals surface area (Å²) in [5.74, 6) is -1.22. The van der Waals surface area contributed by atoms with Gasteiger partial charge in [0.05, 0.1) is 11.7 Å². The van der Waals surface area contributed by atoms with Crippen LogP contribution in [0.15, 0.2) is 23.1 Å². The second-order valence-corrected chi connectivity index (χ2v) is 6.03. The van der Waals surface area contributed by atoms with Gasteiger partial charge in [-0.25, -0.2) is 4.79 Å². The topological polar surface area (TPSA) is 63.6 Å². The first-order chi connectivity index (χ1) is 9.35. The molecule has 0 bridgehead atoms. The van der Waals surface area contributed by atoms with Crippen LogP contribution in [-0.4, -0.2) is 28.4 Å². The molecule has 0 aliphatic rings. The molecule has 0 spiro atoms. The number of aromatic carboxylic acids is 1. The summed E-state index contributed by atoms with van der Waals surface area (Å²) in [5, 5.41) is 8.70. The van der Waals surface area contributed by atoms with Crippen molar-refractivity contribution in [2.75, 3.05) is 0 Å². The van der Waals surface area contributed by atoms with E-state index in [2.05, 4.69) is 0 Å². The Labute approximate surface area is 123 Å². The van der Waals surface area contributed by atoms with Crippen LogP contribution in [0.4, 0.5) is 0 Å². The van der Waals surface area contributed by atoms with E-state index in [4.69, 9.17) is 9.84 Å². The van der Waals surface area contributed by atoms with Gasteiger partial charge < -0.3 is 9.84 Å². The van der Waals surface area contributed by atoms with Crippen LogP contribution >= 0.6 is 11.8 Å².